The highest BCUT2D eigenvalue weighted by atomic mass is 16.1. The summed E-state index contributed by atoms with van der Waals surface area (Å²) < 4.78 is 0. The summed E-state index contributed by atoms with van der Waals surface area (Å²) in [5.41, 5.74) is 5.21. The molecular formula is C13H28N2O. The molecule has 1 amide bonds. The Morgan fingerprint density at radius 1 is 0.938 bits per heavy atom. The Hall–Kier alpha value is -0.570. The molecule has 0 aromatic rings. The van der Waals surface area contributed by atoms with E-state index in [1.54, 1.807) is 0 Å². The molecule has 0 rings (SSSR count). The molecule has 0 radical (unpaired) electrons. The quantitative estimate of drug-likeness (QED) is 0.422. The van der Waals surface area contributed by atoms with Crippen molar-refractivity contribution in [2.24, 2.45) is 5.73 Å². The van der Waals surface area contributed by atoms with Crippen LogP contribution in [0.4, 0.5) is 0 Å². The van der Waals surface area contributed by atoms with Crippen molar-refractivity contribution < 1.29 is 4.79 Å². The van der Waals surface area contributed by atoms with Crippen LogP contribution in [-0.4, -0.2) is 12.6 Å². The lowest BCUT2D eigenvalue weighted by Gasteiger charge is -2.02. The van der Waals surface area contributed by atoms with Crippen molar-refractivity contribution in [3.63, 3.8) is 0 Å². The molecular weight excluding hydrogens is 200 g/mol. The van der Waals surface area contributed by atoms with Gasteiger partial charge in [-0.1, -0.05) is 58.3 Å². The zero-order chi connectivity index (χ0) is 12.1. The normalized spacial score (nSPS) is 10.4. The Morgan fingerprint density at radius 2 is 1.44 bits per heavy atom. The number of hydrogen-bond acceptors (Lipinski definition) is 2. The second kappa shape index (κ2) is 12.5. The molecule has 0 aromatic heterocycles. The molecule has 96 valence electrons. The minimum Gasteiger partial charge on any atom is -0.344 e. The van der Waals surface area contributed by atoms with Gasteiger partial charge in [0.05, 0.1) is 6.67 Å². The maximum absolute atomic E-state index is 11.1. The summed E-state index contributed by atoms with van der Waals surface area (Å²) in [4.78, 5) is 11.1. The fourth-order valence-electron chi connectivity index (χ4n) is 1.80. The molecule has 0 saturated carbocycles. The lowest BCUT2D eigenvalue weighted by Crippen LogP contribution is -2.28. The van der Waals surface area contributed by atoms with Gasteiger partial charge < -0.3 is 11.1 Å². The molecule has 3 N–H and O–H groups in total. The van der Waals surface area contributed by atoms with Gasteiger partial charge in [0, 0.05) is 6.42 Å². The number of nitrogens with one attached hydrogen (secondary N) is 1. The predicted molar refractivity (Wildman–Crippen MR) is 69.0 cm³/mol. The van der Waals surface area contributed by atoms with E-state index in [9.17, 15) is 4.79 Å². The van der Waals surface area contributed by atoms with Crippen LogP contribution in [0.25, 0.3) is 0 Å². The molecule has 0 bridgehead atoms. The van der Waals surface area contributed by atoms with E-state index in [2.05, 4.69) is 12.2 Å². The van der Waals surface area contributed by atoms with Gasteiger partial charge >= 0.3 is 0 Å². The van der Waals surface area contributed by atoms with Gasteiger partial charge in [0.15, 0.2) is 0 Å². The van der Waals surface area contributed by atoms with Crippen LogP contribution >= 0.6 is 0 Å². The molecule has 0 aliphatic rings. The smallest absolute Gasteiger partial charge is 0.220 e. The summed E-state index contributed by atoms with van der Waals surface area (Å²) in [7, 11) is 0. The summed E-state index contributed by atoms with van der Waals surface area (Å²) in [5, 5.41) is 2.61. The van der Waals surface area contributed by atoms with Crippen LogP contribution < -0.4 is 11.1 Å². The first-order valence-electron chi connectivity index (χ1n) is 6.78. The lowest BCUT2D eigenvalue weighted by molar-refractivity contribution is -0.121. The monoisotopic (exact) mass is 228 g/mol. The molecule has 0 heterocycles. The van der Waals surface area contributed by atoms with E-state index in [1.165, 1.54) is 51.4 Å². The zero-order valence-electron chi connectivity index (χ0n) is 10.8. The first-order chi connectivity index (χ1) is 7.81. The number of hydrogen-bond donors (Lipinski definition) is 2. The molecule has 0 aliphatic heterocycles. The van der Waals surface area contributed by atoms with Crippen molar-refractivity contribution in [2.45, 2.75) is 71.1 Å². The lowest BCUT2D eigenvalue weighted by atomic mass is 10.1. The van der Waals surface area contributed by atoms with Gasteiger partial charge in [-0.05, 0) is 6.42 Å². The molecule has 0 fully saturated rings. The van der Waals surface area contributed by atoms with Crippen molar-refractivity contribution in [2.75, 3.05) is 6.67 Å². The van der Waals surface area contributed by atoms with Gasteiger partial charge in [-0.25, -0.2) is 0 Å². The number of nitrogens with two attached hydrogens (primary N) is 1. The largest absolute Gasteiger partial charge is 0.344 e. The molecule has 0 unspecified atom stereocenters. The van der Waals surface area contributed by atoms with Crippen LogP contribution in [0, 0.1) is 0 Å². The molecule has 0 aromatic carbocycles. The van der Waals surface area contributed by atoms with E-state index in [0.717, 1.165) is 6.42 Å². The number of amides is 1. The summed E-state index contributed by atoms with van der Waals surface area (Å²) in [6.45, 7) is 2.50. The van der Waals surface area contributed by atoms with Gasteiger partial charge in [-0.15, -0.1) is 0 Å². The predicted octanol–water partition coefficient (Wildman–Crippen LogP) is 2.94. The highest BCUT2D eigenvalue weighted by Crippen LogP contribution is 2.10. The van der Waals surface area contributed by atoms with E-state index in [0.29, 0.717) is 6.42 Å². The van der Waals surface area contributed by atoms with Crippen LogP contribution in [0.3, 0.4) is 0 Å². The third-order valence-electron chi connectivity index (χ3n) is 2.81. The van der Waals surface area contributed by atoms with Gasteiger partial charge in [0.1, 0.15) is 0 Å². The Balaban J connectivity index is 3.01. The van der Waals surface area contributed by atoms with Crippen LogP contribution in [-0.2, 0) is 4.79 Å². The summed E-state index contributed by atoms with van der Waals surface area (Å²) in [6, 6.07) is 0. The Morgan fingerprint density at radius 3 is 1.94 bits per heavy atom. The Bertz CT molecular complexity index is 160. The van der Waals surface area contributed by atoms with E-state index in [-0.39, 0.29) is 12.6 Å². The minimum atomic E-state index is 0.0884. The average molecular weight is 228 g/mol. The summed E-state index contributed by atoms with van der Waals surface area (Å²) in [6.07, 6.45) is 12.2. The summed E-state index contributed by atoms with van der Waals surface area (Å²) >= 11 is 0. The van der Waals surface area contributed by atoms with Crippen LogP contribution in [0.15, 0.2) is 0 Å². The van der Waals surface area contributed by atoms with E-state index < -0.39 is 0 Å². The molecule has 0 atom stereocenters. The van der Waals surface area contributed by atoms with E-state index in [1.807, 2.05) is 0 Å². The van der Waals surface area contributed by atoms with Crippen LogP contribution in [0.5, 0.6) is 0 Å². The third kappa shape index (κ3) is 11.5. The number of unbranched alkanes of at least 4 members (excludes halogenated alkanes) is 8. The van der Waals surface area contributed by atoms with Gasteiger partial charge in [0.2, 0.25) is 5.91 Å². The Kier molecular flexibility index (Phi) is 12.1. The average Bonchev–Trinajstić information content (AvgIpc) is 2.27. The molecule has 0 spiro atoms. The first-order valence-corrected chi connectivity index (χ1v) is 6.78. The van der Waals surface area contributed by atoms with E-state index in [4.69, 9.17) is 5.73 Å². The fourth-order valence-corrected chi connectivity index (χ4v) is 1.80. The molecule has 3 nitrogen and oxygen atoms in total. The molecule has 0 aliphatic carbocycles. The van der Waals surface area contributed by atoms with Crippen molar-refractivity contribution in [3.05, 3.63) is 0 Å². The fraction of sp³-hybridized carbons (Fsp3) is 0.923. The highest BCUT2D eigenvalue weighted by Gasteiger charge is 1.98. The van der Waals surface area contributed by atoms with Gasteiger partial charge in [-0.3, -0.25) is 4.79 Å². The maximum Gasteiger partial charge on any atom is 0.220 e. The highest BCUT2D eigenvalue weighted by molar-refractivity contribution is 5.75. The topological polar surface area (TPSA) is 55.1 Å². The zero-order valence-corrected chi connectivity index (χ0v) is 10.8. The van der Waals surface area contributed by atoms with Crippen LogP contribution in [0.2, 0.25) is 0 Å². The number of carbonyl (C=O) groups is 1. The van der Waals surface area contributed by atoms with Crippen molar-refractivity contribution >= 4 is 5.91 Å². The number of rotatable bonds is 11. The first kappa shape index (κ1) is 15.4. The second-order valence-corrected chi connectivity index (χ2v) is 4.38. The minimum absolute atomic E-state index is 0.0884. The SMILES string of the molecule is CCCCCCCCCCCC(=O)NCN. The van der Waals surface area contributed by atoms with Gasteiger partial charge in [0.25, 0.3) is 0 Å². The third-order valence-corrected chi connectivity index (χ3v) is 2.81. The maximum atomic E-state index is 11.1. The standard InChI is InChI=1S/C13H28N2O/c1-2-3-4-5-6-7-8-9-10-11-13(16)15-12-14/h2-12,14H2,1H3,(H,15,16). The van der Waals surface area contributed by atoms with Crippen LogP contribution in [0.1, 0.15) is 71.1 Å². The van der Waals surface area contributed by atoms with Crippen molar-refractivity contribution in [3.8, 4) is 0 Å². The van der Waals surface area contributed by atoms with Crippen molar-refractivity contribution in [1.29, 1.82) is 0 Å². The Labute approximate surface area is 100 Å². The van der Waals surface area contributed by atoms with Crippen molar-refractivity contribution in [1.82, 2.24) is 5.32 Å². The van der Waals surface area contributed by atoms with Gasteiger partial charge in [-0.2, -0.15) is 0 Å². The molecule has 0 saturated heterocycles. The molecule has 16 heavy (non-hydrogen) atoms. The number of carbonyl (C=O) groups excluding carboxylic acids is 1. The summed E-state index contributed by atoms with van der Waals surface area (Å²) in [5.74, 6) is 0.0884. The second-order valence-electron chi connectivity index (χ2n) is 4.38. The van der Waals surface area contributed by atoms with E-state index >= 15 is 0 Å². The molecule has 3 heteroatoms.